The Balaban J connectivity index is 1.94. The van der Waals surface area contributed by atoms with Gasteiger partial charge in [0.2, 0.25) is 0 Å². The van der Waals surface area contributed by atoms with Crippen LogP contribution in [0.5, 0.6) is 0 Å². The fraction of sp³-hybridized carbons (Fsp3) is 0.333. The normalized spacial score (nSPS) is 17.1. The van der Waals surface area contributed by atoms with Crippen LogP contribution in [-0.4, -0.2) is 28.0 Å². The first kappa shape index (κ1) is 14.2. The Morgan fingerprint density at radius 1 is 1.50 bits per heavy atom. The molecule has 1 saturated heterocycles. The maximum Gasteiger partial charge on any atom is 0.193 e. The number of rotatable bonds is 4. The minimum absolute atomic E-state index is 0.0146. The molecule has 1 aromatic carbocycles. The molecular formula is C12H11BrN3O2PS. The van der Waals surface area contributed by atoms with Gasteiger partial charge in [-0.3, -0.25) is 4.57 Å². The molecule has 20 heavy (non-hydrogen) atoms. The maximum atomic E-state index is 11.0. The van der Waals surface area contributed by atoms with E-state index in [9.17, 15) is 4.57 Å². The van der Waals surface area contributed by atoms with Crippen molar-refractivity contribution < 1.29 is 9.30 Å². The predicted molar refractivity (Wildman–Crippen MR) is 80.7 cm³/mol. The van der Waals surface area contributed by atoms with Crippen molar-refractivity contribution in [2.75, 3.05) is 13.2 Å². The highest BCUT2D eigenvalue weighted by atomic mass is 79.9. The van der Waals surface area contributed by atoms with Crippen molar-refractivity contribution in [1.82, 2.24) is 14.8 Å². The zero-order valence-corrected chi connectivity index (χ0v) is 13.9. The number of benzene rings is 1. The van der Waals surface area contributed by atoms with E-state index in [1.807, 2.05) is 29.8 Å². The molecule has 0 unspecified atom stereocenters. The maximum absolute atomic E-state index is 11.0. The van der Waals surface area contributed by atoms with E-state index in [1.165, 1.54) is 0 Å². The number of halogens is 1. The lowest BCUT2D eigenvalue weighted by molar-refractivity contribution is -0.0110. The van der Waals surface area contributed by atoms with Gasteiger partial charge in [0.1, 0.15) is 6.33 Å². The van der Waals surface area contributed by atoms with E-state index in [0.29, 0.717) is 13.2 Å². The van der Waals surface area contributed by atoms with E-state index in [1.54, 1.807) is 18.1 Å². The number of hydrogen-bond acceptors (Lipinski definition) is 5. The second kappa shape index (κ2) is 5.56. The lowest BCUT2D eigenvalue weighted by Gasteiger charge is -2.40. The Bertz CT molecular complexity index is 660. The Hall–Kier alpha value is -0.750. The van der Waals surface area contributed by atoms with Gasteiger partial charge in [-0.15, -0.1) is 10.2 Å². The van der Waals surface area contributed by atoms with Crippen LogP contribution in [0.3, 0.4) is 0 Å². The quantitative estimate of drug-likeness (QED) is 0.772. The number of nitrogens with zero attached hydrogens (tertiary/aromatic N) is 3. The second-order valence-corrected chi connectivity index (χ2v) is 7.44. The molecule has 8 heteroatoms. The molecule has 0 bridgehead atoms. The summed E-state index contributed by atoms with van der Waals surface area (Å²) in [4.78, 5) is 0. The summed E-state index contributed by atoms with van der Waals surface area (Å²) in [5.74, 6) is 0. The van der Waals surface area contributed by atoms with E-state index < -0.39 is 0 Å². The fourth-order valence-electron chi connectivity index (χ4n) is 1.98. The van der Waals surface area contributed by atoms with Crippen LogP contribution in [0.4, 0.5) is 0 Å². The molecule has 2 heterocycles. The summed E-state index contributed by atoms with van der Waals surface area (Å²) in [7, 11) is 1.94. The molecule has 0 aliphatic carbocycles. The number of thioether (sulfide) groups is 1. The molecule has 0 spiro atoms. The monoisotopic (exact) mass is 371 g/mol. The molecule has 0 N–H and O–H groups in total. The lowest BCUT2D eigenvalue weighted by atomic mass is 9.96. The van der Waals surface area contributed by atoms with Gasteiger partial charge < -0.3 is 9.30 Å². The van der Waals surface area contributed by atoms with Crippen LogP contribution in [0, 0.1) is 0 Å². The molecule has 1 aliphatic rings. The van der Waals surface area contributed by atoms with E-state index in [0.717, 1.165) is 20.5 Å². The summed E-state index contributed by atoms with van der Waals surface area (Å²) < 4.78 is 19.0. The minimum Gasteiger partial charge on any atom is -0.378 e. The highest BCUT2D eigenvalue weighted by Crippen LogP contribution is 2.46. The fourth-order valence-corrected chi connectivity index (χ4v) is 4.02. The zero-order valence-electron chi connectivity index (χ0n) is 10.6. The first-order valence-electron chi connectivity index (χ1n) is 5.89. The van der Waals surface area contributed by atoms with Crippen LogP contribution in [0.15, 0.2) is 34.2 Å². The van der Waals surface area contributed by atoms with Gasteiger partial charge in [-0.05, 0) is 33.6 Å². The van der Waals surface area contributed by atoms with Gasteiger partial charge in [-0.1, -0.05) is 17.8 Å². The van der Waals surface area contributed by atoms with Crippen molar-refractivity contribution in [2.24, 2.45) is 7.05 Å². The topological polar surface area (TPSA) is 57.0 Å². The third-order valence-electron chi connectivity index (χ3n) is 3.20. The number of hydrogen-bond donors (Lipinski definition) is 0. The Kier molecular flexibility index (Phi) is 3.95. The third kappa shape index (κ3) is 2.44. The van der Waals surface area contributed by atoms with Crippen LogP contribution < -0.4 is 5.30 Å². The molecule has 2 aromatic rings. The summed E-state index contributed by atoms with van der Waals surface area (Å²) in [6.45, 7) is 1.26. The van der Waals surface area contributed by atoms with E-state index in [4.69, 9.17) is 4.74 Å². The van der Waals surface area contributed by atoms with Crippen LogP contribution in [0.2, 0.25) is 0 Å². The number of aromatic nitrogens is 3. The Morgan fingerprint density at radius 3 is 2.80 bits per heavy atom. The van der Waals surface area contributed by atoms with Crippen molar-refractivity contribution >= 4 is 41.5 Å². The van der Waals surface area contributed by atoms with Crippen molar-refractivity contribution in [1.29, 1.82) is 0 Å². The van der Waals surface area contributed by atoms with Gasteiger partial charge in [0.15, 0.2) is 13.6 Å². The summed E-state index contributed by atoms with van der Waals surface area (Å²) >= 11 is 5.10. The molecule has 1 aromatic heterocycles. The van der Waals surface area contributed by atoms with Crippen LogP contribution in [-0.2, 0) is 21.1 Å². The summed E-state index contributed by atoms with van der Waals surface area (Å²) in [6.07, 6.45) is 1.69. The largest absolute Gasteiger partial charge is 0.378 e. The molecular weight excluding hydrogens is 361 g/mol. The second-order valence-electron chi connectivity index (χ2n) is 4.57. The standard InChI is InChI=1S/C12H11BrN3O2PS/c1-16-7-14-15-11(16)20-12(5-18-6-12)8-2-3-10(19-17)9(13)4-8/h2-4,7H,5-6H2,1H3. The van der Waals surface area contributed by atoms with Crippen molar-refractivity contribution in [3.8, 4) is 0 Å². The average molecular weight is 372 g/mol. The molecule has 0 radical (unpaired) electrons. The number of aryl methyl sites for hydroxylation is 1. The first-order valence-corrected chi connectivity index (χ1v) is 8.31. The molecule has 0 saturated carbocycles. The predicted octanol–water partition coefficient (Wildman–Crippen LogP) is 2.51. The van der Waals surface area contributed by atoms with Gasteiger partial charge in [0, 0.05) is 11.5 Å². The highest BCUT2D eigenvalue weighted by molar-refractivity contribution is 9.10. The Morgan fingerprint density at radius 2 is 2.30 bits per heavy atom. The average Bonchev–Trinajstić information content (AvgIpc) is 2.79. The summed E-state index contributed by atoms with van der Waals surface area (Å²) in [5.41, 5.74) is 1.14. The first-order chi connectivity index (χ1) is 9.64. The van der Waals surface area contributed by atoms with Crippen LogP contribution in [0.25, 0.3) is 0 Å². The molecule has 5 nitrogen and oxygen atoms in total. The third-order valence-corrected chi connectivity index (χ3v) is 6.16. The van der Waals surface area contributed by atoms with Crippen molar-refractivity contribution in [3.63, 3.8) is 0 Å². The van der Waals surface area contributed by atoms with E-state index in [2.05, 4.69) is 26.1 Å². The van der Waals surface area contributed by atoms with Crippen molar-refractivity contribution in [2.45, 2.75) is 9.90 Å². The zero-order chi connectivity index (χ0) is 14.2. The van der Waals surface area contributed by atoms with Crippen LogP contribution >= 0.6 is 36.2 Å². The summed E-state index contributed by atoms with van der Waals surface area (Å²) in [5, 5.41) is 9.62. The highest BCUT2D eigenvalue weighted by Gasteiger charge is 2.43. The molecule has 0 amide bonds. The molecule has 1 aliphatic heterocycles. The van der Waals surface area contributed by atoms with Crippen LogP contribution in [0.1, 0.15) is 5.56 Å². The van der Waals surface area contributed by atoms with Gasteiger partial charge in [-0.25, -0.2) is 0 Å². The summed E-state index contributed by atoms with van der Waals surface area (Å²) in [6, 6.07) is 5.87. The van der Waals surface area contributed by atoms with Gasteiger partial charge in [0.05, 0.1) is 23.3 Å². The van der Waals surface area contributed by atoms with Gasteiger partial charge in [-0.2, -0.15) is 0 Å². The minimum atomic E-state index is -0.151. The SMILES string of the molecule is Cn1cnnc1SC1(c2ccc(P=O)c(Br)c2)COC1. The smallest absolute Gasteiger partial charge is 0.193 e. The molecule has 1 fully saturated rings. The lowest BCUT2D eigenvalue weighted by Crippen LogP contribution is -2.44. The number of ether oxygens (including phenoxy) is 1. The van der Waals surface area contributed by atoms with E-state index >= 15 is 0 Å². The van der Waals surface area contributed by atoms with Gasteiger partial charge >= 0.3 is 0 Å². The molecule has 104 valence electrons. The van der Waals surface area contributed by atoms with E-state index in [-0.39, 0.29) is 13.2 Å². The molecule has 0 atom stereocenters. The van der Waals surface area contributed by atoms with Crippen molar-refractivity contribution in [3.05, 3.63) is 34.6 Å². The van der Waals surface area contributed by atoms with Gasteiger partial charge in [0.25, 0.3) is 0 Å². The molecule has 3 rings (SSSR count). The Labute approximate surface area is 130 Å².